The van der Waals surface area contributed by atoms with Crippen LogP contribution in [0, 0.1) is 10.1 Å². The fourth-order valence-corrected chi connectivity index (χ4v) is 5.02. The minimum Gasteiger partial charge on any atom is -0.313 e. The number of nitrogens with zero attached hydrogens (tertiary/aromatic N) is 2. The lowest BCUT2D eigenvalue weighted by Crippen LogP contribution is -2.49. The zero-order chi connectivity index (χ0) is 18.7. The third-order valence-electron chi connectivity index (χ3n) is 4.31. The maximum atomic E-state index is 13.0. The van der Waals surface area contributed by atoms with Crippen molar-refractivity contribution in [2.75, 3.05) is 19.6 Å². The highest BCUT2D eigenvalue weighted by Gasteiger charge is 2.34. The number of halogens is 1. The van der Waals surface area contributed by atoms with Gasteiger partial charge in [0.25, 0.3) is 5.69 Å². The Balaban J connectivity index is 1.86. The summed E-state index contributed by atoms with van der Waals surface area (Å²) in [6, 6.07) is 12.4. The molecule has 1 atom stereocenters. The second-order valence-corrected chi connectivity index (χ2v) is 8.36. The minimum atomic E-state index is -3.62. The Kier molecular flexibility index (Phi) is 5.57. The number of rotatable bonds is 5. The average molecular weight is 396 g/mol. The van der Waals surface area contributed by atoms with E-state index >= 15 is 0 Å². The van der Waals surface area contributed by atoms with Crippen LogP contribution in [0.2, 0.25) is 5.02 Å². The first-order valence-electron chi connectivity index (χ1n) is 8.06. The smallest absolute Gasteiger partial charge is 0.269 e. The molecule has 0 saturated carbocycles. The lowest BCUT2D eigenvalue weighted by Gasteiger charge is -2.35. The lowest BCUT2D eigenvalue weighted by atomic mass is 10.1. The van der Waals surface area contributed by atoms with Crippen molar-refractivity contribution < 1.29 is 13.3 Å². The standard InChI is InChI=1S/C17H18ClN3O4S/c18-16-4-2-1-3-15(16)17-11-19-9-10-20(17)26(24,25)12-13-5-7-14(8-6-13)21(22)23/h1-8,17,19H,9-12H2. The van der Waals surface area contributed by atoms with E-state index in [0.29, 0.717) is 30.2 Å². The summed E-state index contributed by atoms with van der Waals surface area (Å²) in [7, 11) is -3.62. The lowest BCUT2D eigenvalue weighted by molar-refractivity contribution is -0.384. The summed E-state index contributed by atoms with van der Waals surface area (Å²) in [5.41, 5.74) is 1.20. The first-order valence-corrected chi connectivity index (χ1v) is 10.1. The monoisotopic (exact) mass is 395 g/mol. The van der Waals surface area contributed by atoms with Crippen molar-refractivity contribution in [3.63, 3.8) is 0 Å². The molecular formula is C17H18ClN3O4S. The van der Waals surface area contributed by atoms with Gasteiger partial charge in [-0.25, -0.2) is 8.42 Å². The molecular weight excluding hydrogens is 378 g/mol. The Morgan fingerprint density at radius 1 is 1.19 bits per heavy atom. The molecule has 0 spiro atoms. The Labute approximate surface area is 156 Å². The van der Waals surface area contributed by atoms with E-state index in [9.17, 15) is 18.5 Å². The van der Waals surface area contributed by atoms with Gasteiger partial charge in [-0.05, 0) is 17.2 Å². The normalized spacial score (nSPS) is 18.6. The van der Waals surface area contributed by atoms with Crippen LogP contribution < -0.4 is 5.32 Å². The molecule has 0 amide bonds. The Morgan fingerprint density at radius 2 is 1.88 bits per heavy atom. The molecule has 7 nitrogen and oxygen atoms in total. The van der Waals surface area contributed by atoms with Crippen molar-refractivity contribution in [3.8, 4) is 0 Å². The van der Waals surface area contributed by atoms with E-state index in [1.54, 1.807) is 12.1 Å². The molecule has 9 heteroatoms. The summed E-state index contributed by atoms with van der Waals surface area (Å²) in [5.74, 6) is -0.216. The zero-order valence-corrected chi connectivity index (χ0v) is 15.4. The summed E-state index contributed by atoms with van der Waals surface area (Å²) in [5, 5.41) is 14.5. The van der Waals surface area contributed by atoms with E-state index in [4.69, 9.17) is 11.6 Å². The van der Waals surface area contributed by atoms with Crippen molar-refractivity contribution in [1.29, 1.82) is 0 Å². The van der Waals surface area contributed by atoms with Crippen molar-refractivity contribution in [2.24, 2.45) is 0 Å². The predicted molar refractivity (Wildman–Crippen MR) is 99.5 cm³/mol. The van der Waals surface area contributed by atoms with Crippen LogP contribution in [0.3, 0.4) is 0 Å². The molecule has 1 fully saturated rings. The molecule has 1 saturated heterocycles. The van der Waals surface area contributed by atoms with Crippen LogP contribution in [-0.2, 0) is 15.8 Å². The van der Waals surface area contributed by atoms with Gasteiger partial charge in [0.2, 0.25) is 10.0 Å². The fraction of sp³-hybridized carbons (Fsp3) is 0.294. The maximum absolute atomic E-state index is 13.0. The highest BCUT2D eigenvalue weighted by molar-refractivity contribution is 7.88. The summed E-state index contributed by atoms with van der Waals surface area (Å²) in [6.07, 6.45) is 0. The number of sulfonamides is 1. The van der Waals surface area contributed by atoms with Crippen LogP contribution in [0.4, 0.5) is 5.69 Å². The topological polar surface area (TPSA) is 92.5 Å². The van der Waals surface area contributed by atoms with Crippen LogP contribution in [0.5, 0.6) is 0 Å². The second-order valence-electron chi connectivity index (χ2n) is 6.03. The SMILES string of the molecule is O=[N+]([O-])c1ccc(CS(=O)(=O)N2CCNCC2c2ccccc2Cl)cc1. The van der Waals surface area contributed by atoms with E-state index in [-0.39, 0.29) is 17.5 Å². The van der Waals surface area contributed by atoms with Crippen LogP contribution in [0.25, 0.3) is 0 Å². The van der Waals surface area contributed by atoms with E-state index < -0.39 is 14.9 Å². The highest BCUT2D eigenvalue weighted by atomic mass is 35.5. The molecule has 1 aliphatic rings. The molecule has 26 heavy (non-hydrogen) atoms. The number of non-ortho nitro benzene ring substituents is 1. The van der Waals surface area contributed by atoms with E-state index in [0.717, 1.165) is 5.56 Å². The molecule has 0 radical (unpaired) electrons. The summed E-state index contributed by atoms with van der Waals surface area (Å²) in [4.78, 5) is 10.2. The van der Waals surface area contributed by atoms with Gasteiger partial charge in [0.1, 0.15) is 0 Å². The number of nitrogens with one attached hydrogen (secondary N) is 1. The first kappa shape index (κ1) is 18.8. The number of hydrogen-bond donors (Lipinski definition) is 1. The summed E-state index contributed by atoms with van der Waals surface area (Å²) in [6.45, 7) is 1.37. The molecule has 138 valence electrons. The molecule has 0 bridgehead atoms. The van der Waals surface area contributed by atoms with E-state index in [2.05, 4.69) is 5.32 Å². The molecule has 0 aromatic heterocycles. The third kappa shape index (κ3) is 4.04. The quantitative estimate of drug-likeness (QED) is 0.620. The predicted octanol–water partition coefficient (Wildman–Crippen LogP) is 2.72. The van der Waals surface area contributed by atoms with Crippen molar-refractivity contribution in [2.45, 2.75) is 11.8 Å². The Bertz CT molecular complexity index is 902. The zero-order valence-electron chi connectivity index (χ0n) is 13.8. The van der Waals surface area contributed by atoms with Crippen molar-refractivity contribution in [3.05, 3.63) is 74.8 Å². The molecule has 1 aliphatic heterocycles. The van der Waals surface area contributed by atoms with Crippen LogP contribution in [0.1, 0.15) is 17.2 Å². The number of nitro benzene ring substituents is 1. The maximum Gasteiger partial charge on any atom is 0.269 e. The second kappa shape index (κ2) is 7.71. The van der Waals surface area contributed by atoms with Crippen LogP contribution in [0.15, 0.2) is 48.5 Å². The van der Waals surface area contributed by atoms with Crippen molar-refractivity contribution >= 4 is 27.3 Å². The van der Waals surface area contributed by atoms with Gasteiger partial charge in [-0.15, -0.1) is 0 Å². The van der Waals surface area contributed by atoms with Gasteiger partial charge in [-0.3, -0.25) is 10.1 Å². The molecule has 1 unspecified atom stereocenters. The van der Waals surface area contributed by atoms with Gasteiger partial charge in [0.05, 0.1) is 16.7 Å². The minimum absolute atomic E-state index is 0.0673. The average Bonchev–Trinajstić information content (AvgIpc) is 2.62. The molecule has 2 aromatic carbocycles. The Hall–Kier alpha value is -2.00. The number of hydrogen-bond acceptors (Lipinski definition) is 5. The van der Waals surface area contributed by atoms with E-state index in [1.807, 2.05) is 12.1 Å². The van der Waals surface area contributed by atoms with Gasteiger partial charge in [0.15, 0.2) is 0 Å². The summed E-state index contributed by atoms with van der Waals surface area (Å²) >= 11 is 6.27. The van der Waals surface area contributed by atoms with Crippen molar-refractivity contribution in [1.82, 2.24) is 9.62 Å². The third-order valence-corrected chi connectivity index (χ3v) is 6.51. The van der Waals surface area contributed by atoms with Crippen LogP contribution in [-0.4, -0.2) is 37.3 Å². The number of nitro groups is 1. The molecule has 3 rings (SSSR count). The first-order chi connectivity index (χ1) is 12.4. The Morgan fingerprint density at radius 3 is 2.54 bits per heavy atom. The molecule has 1 heterocycles. The highest BCUT2D eigenvalue weighted by Crippen LogP contribution is 2.31. The van der Waals surface area contributed by atoms with Gasteiger partial charge in [-0.2, -0.15) is 4.31 Å². The fourth-order valence-electron chi connectivity index (χ4n) is 3.04. The molecule has 2 aromatic rings. The van der Waals surface area contributed by atoms with Gasteiger partial charge in [-0.1, -0.05) is 41.9 Å². The largest absolute Gasteiger partial charge is 0.313 e. The van der Waals surface area contributed by atoms with Crippen LogP contribution >= 0.6 is 11.6 Å². The van der Waals surface area contributed by atoms with Gasteiger partial charge >= 0.3 is 0 Å². The van der Waals surface area contributed by atoms with Gasteiger partial charge in [0, 0.05) is 36.8 Å². The van der Waals surface area contributed by atoms with E-state index in [1.165, 1.54) is 28.6 Å². The molecule has 1 N–H and O–H groups in total. The van der Waals surface area contributed by atoms with Gasteiger partial charge < -0.3 is 5.32 Å². The molecule has 0 aliphatic carbocycles. The summed E-state index contributed by atoms with van der Waals surface area (Å²) < 4.78 is 27.4. The number of piperazine rings is 1. The number of benzene rings is 2.